The maximum Gasteiger partial charge on any atom is 0.123 e. The highest BCUT2D eigenvalue weighted by atomic mass is 16.5. The molecule has 3 aromatic heterocycles. The van der Waals surface area contributed by atoms with E-state index < -0.39 is 0 Å². The Balaban J connectivity index is 1.23. The van der Waals surface area contributed by atoms with E-state index in [2.05, 4.69) is 53.3 Å². The summed E-state index contributed by atoms with van der Waals surface area (Å²) in [4.78, 5) is 17.2. The van der Waals surface area contributed by atoms with Crippen molar-refractivity contribution in [3.63, 3.8) is 0 Å². The first-order valence-electron chi connectivity index (χ1n) is 17.8. The second kappa shape index (κ2) is 15.2. The van der Waals surface area contributed by atoms with E-state index in [1.54, 1.807) is 6.07 Å². The number of aromatic nitrogens is 4. The Morgan fingerprint density at radius 3 is 1.88 bits per heavy atom. The van der Waals surface area contributed by atoms with Crippen molar-refractivity contribution in [1.82, 2.24) is 19.9 Å². The second-order valence-corrected chi connectivity index (χ2v) is 12.9. The molecule has 0 radical (unpaired) electrons. The number of ether oxygens (including phenoxy) is 1. The predicted octanol–water partition coefficient (Wildman–Crippen LogP) is 11.6. The number of nitrogens with one attached hydrogen (secondary N) is 2. The lowest BCUT2D eigenvalue weighted by molar-refractivity contribution is 0.304. The largest absolute Gasteiger partial charge is 0.507 e. The van der Waals surface area contributed by atoms with Gasteiger partial charge in [-0.15, -0.1) is 0 Å². The van der Waals surface area contributed by atoms with Gasteiger partial charge < -0.3 is 19.8 Å². The fourth-order valence-corrected chi connectivity index (χ4v) is 6.69. The van der Waals surface area contributed by atoms with Crippen LogP contribution >= 0.6 is 0 Å². The molecule has 2 aliphatic rings. The molecule has 6 nitrogen and oxygen atoms in total. The summed E-state index contributed by atoms with van der Waals surface area (Å²) in [7, 11) is 0. The molecule has 7 rings (SSSR count). The molecule has 5 aromatic rings. The van der Waals surface area contributed by atoms with Crippen molar-refractivity contribution in [2.45, 2.75) is 64.7 Å². The molecule has 248 valence electrons. The van der Waals surface area contributed by atoms with Gasteiger partial charge in [0.05, 0.1) is 29.4 Å². The zero-order chi connectivity index (χ0) is 33.4. The van der Waals surface area contributed by atoms with Crippen molar-refractivity contribution < 1.29 is 9.84 Å². The predicted molar refractivity (Wildman–Crippen MR) is 204 cm³/mol. The topological polar surface area (TPSA) is 86.8 Å². The van der Waals surface area contributed by atoms with Crippen molar-refractivity contribution in [3.8, 4) is 33.8 Å². The van der Waals surface area contributed by atoms with E-state index in [0.717, 1.165) is 85.9 Å². The van der Waals surface area contributed by atoms with Crippen LogP contribution in [0.3, 0.4) is 0 Å². The van der Waals surface area contributed by atoms with Gasteiger partial charge in [-0.3, -0.25) is 0 Å². The Labute approximate surface area is 288 Å². The van der Waals surface area contributed by atoms with Gasteiger partial charge in [-0.05, 0) is 90.9 Å². The molecule has 49 heavy (non-hydrogen) atoms. The highest BCUT2D eigenvalue weighted by Crippen LogP contribution is 2.36. The van der Waals surface area contributed by atoms with Crippen LogP contribution in [-0.2, 0) is 0 Å². The summed E-state index contributed by atoms with van der Waals surface area (Å²) in [6, 6.07) is 28.1. The molecular formula is C43H44N4O2. The van der Waals surface area contributed by atoms with Crippen molar-refractivity contribution in [3.05, 3.63) is 108 Å². The van der Waals surface area contributed by atoms with Crippen molar-refractivity contribution in [1.29, 1.82) is 0 Å². The van der Waals surface area contributed by atoms with E-state index in [1.807, 2.05) is 66.8 Å². The normalized spacial score (nSPS) is 12.1. The summed E-state index contributed by atoms with van der Waals surface area (Å²) in [6.45, 7) is 2.99. The number of unbranched alkanes of at least 4 members (excludes halogenated alkanes) is 8. The molecule has 8 bridgehead atoms. The van der Waals surface area contributed by atoms with Crippen LogP contribution in [0, 0.1) is 0 Å². The summed E-state index contributed by atoms with van der Waals surface area (Å²) >= 11 is 0. The van der Waals surface area contributed by atoms with Crippen LogP contribution in [0.2, 0.25) is 0 Å². The number of H-pyrrole nitrogens is 2. The molecule has 2 aromatic carbocycles. The average molecular weight is 649 g/mol. The Morgan fingerprint density at radius 2 is 1.20 bits per heavy atom. The highest BCUT2D eigenvalue weighted by Gasteiger charge is 2.15. The monoisotopic (exact) mass is 648 g/mol. The molecule has 3 N–H and O–H groups in total. The molecule has 2 aliphatic heterocycles. The lowest BCUT2D eigenvalue weighted by Gasteiger charge is -2.09. The van der Waals surface area contributed by atoms with E-state index in [4.69, 9.17) is 14.7 Å². The van der Waals surface area contributed by atoms with E-state index in [1.165, 1.54) is 51.4 Å². The van der Waals surface area contributed by atoms with Crippen LogP contribution in [-0.4, -0.2) is 31.6 Å². The first-order valence-corrected chi connectivity index (χ1v) is 17.8. The van der Waals surface area contributed by atoms with Crippen molar-refractivity contribution in [2.24, 2.45) is 0 Å². The zero-order valence-electron chi connectivity index (χ0n) is 28.2. The number of benzene rings is 2. The molecule has 0 atom stereocenters. The first-order chi connectivity index (χ1) is 24.1. The standard InChI is InChI=1S/C43H44N4O2/c1-2-3-4-5-6-7-8-9-12-26-49-35-15-13-14-30(27-35)42-37-22-18-31(44-37)28-33-20-24-39(46-33)43(36-16-10-11-17-41(36)48)40-25-21-34(47-40)29-32-19-23-38(42)45-32/h10-11,13-25,27-29,44,47-48H,2-9,12,26H2,1H3. The lowest BCUT2D eigenvalue weighted by atomic mass is 10.0. The van der Waals surface area contributed by atoms with Gasteiger partial charge in [-0.2, -0.15) is 0 Å². The minimum atomic E-state index is 0.206. The van der Waals surface area contributed by atoms with Gasteiger partial charge in [0, 0.05) is 38.8 Å². The Morgan fingerprint density at radius 1 is 0.592 bits per heavy atom. The van der Waals surface area contributed by atoms with E-state index >= 15 is 0 Å². The van der Waals surface area contributed by atoms with Crippen LogP contribution in [0.1, 0.15) is 87.5 Å². The Hall–Kier alpha value is -5.36. The molecule has 0 amide bonds. The van der Waals surface area contributed by atoms with Gasteiger partial charge in [-0.25, -0.2) is 9.97 Å². The smallest absolute Gasteiger partial charge is 0.123 e. The maximum absolute atomic E-state index is 10.8. The minimum Gasteiger partial charge on any atom is -0.507 e. The number of fused-ring (bicyclic) bond motifs is 8. The molecule has 0 saturated heterocycles. The van der Waals surface area contributed by atoms with E-state index in [9.17, 15) is 5.11 Å². The fourth-order valence-electron chi connectivity index (χ4n) is 6.69. The number of hydrogen-bond donors (Lipinski definition) is 3. The van der Waals surface area contributed by atoms with Crippen molar-refractivity contribution in [2.75, 3.05) is 6.61 Å². The summed E-state index contributed by atoms with van der Waals surface area (Å²) < 4.78 is 6.26. The molecule has 0 unspecified atom stereocenters. The quantitative estimate of drug-likeness (QED) is 0.109. The highest BCUT2D eigenvalue weighted by molar-refractivity contribution is 5.94. The summed E-state index contributed by atoms with van der Waals surface area (Å²) in [5.41, 5.74) is 10.6. The number of rotatable bonds is 13. The van der Waals surface area contributed by atoms with Gasteiger partial charge >= 0.3 is 0 Å². The lowest BCUT2D eigenvalue weighted by Crippen LogP contribution is -1.97. The van der Waals surface area contributed by atoms with Crippen LogP contribution < -0.4 is 4.74 Å². The summed E-state index contributed by atoms with van der Waals surface area (Å²) in [5.74, 6) is 1.08. The number of phenols is 1. The molecule has 0 aliphatic carbocycles. The maximum atomic E-state index is 10.8. The van der Waals surface area contributed by atoms with Crippen LogP contribution in [0.5, 0.6) is 11.5 Å². The minimum absolute atomic E-state index is 0.206. The third-order valence-electron chi connectivity index (χ3n) is 9.21. The number of aromatic hydroxyl groups is 1. The number of hydrogen-bond acceptors (Lipinski definition) is 4. The Kier molecular flexibility index (Phi) is 10.0. The molecule has 6 heteroatoms. The van der Waals surface area contributed by atoms with Gasteiger partial charge in [0.15, 0.2) is 0 Å². The van der Waals surface area contributed by atoms with E-state index in [-0.39, 0.29) is 5.75 Å². The second-order valence-electron chi connectivity index (χ2n) is 12.9. The summed E-state index contributed by atoms with van der Waals surface area (Å²) in [6.07, 6.45) is 19.8. The van der Waals surface area contributed by atoms with Crippen LogP contribution in [0.15, 0.2) is 84.9 Å². The number of aromatic amines is 2. The van der Waals surface area contributed by atoms with Gasteiger partial charge in [0.25, 0.3) is 0 Å². The average Bonchev–Trinajstić information content (AvgIpc) is 3.94. The molecule has 0 saturated carbocycles. The molecule has 0 spiro atoms. The van der Waals surface area contributed by atoms with E-state index in [0.29, 0.717) is 0 Å². The third kappa shape index (κ3) is 7.70. The first kappa shape index (κ1) is 32.2. The number of nitrogens with zero attached hydrogens (tertiary/aromatic N) is 2. The fraction of sp³-hybridized carbons (Fsp3) is 0.256. The van der Waals surface area contributed by atoms with Crippen LogP contribution in [0.25, 0.3) is 68.6 Å². The number of phenolic OH excluding ortho intramolecular Hbond substituents is 1. The van der Waals surface area contributed by atoms with Gasteiger partial charge in [0.1, 0.15) is 11.5 Å². The summed E-state index contributed by atoms with van der Waals surface area (Å²) in [5, 5.41) is 10.8. The van der Waals surface area contributed by atoms with Crippen molar-refractivity contribution >= 4 is 46.4 Å². The molecule has 5 heterocycles. The molecule has 0 fully saturated rings. The van der Waals surface area contributed by atoms with Gasteiger partial charge in [-0.1, -0.05) is 88.6 Å². The SMILES string of the molecule is CCCCCCCCCCCOc1cccc(-c2c3nc(cc4ccc([nH]4)c(-c4ccccc4O)c4nc(cc5ccc2[nH]5)C=C4)C=C3)c1. The van der Waals surface area contributed by atoms with Gasteiger partial charge in [0.2, 0.25) is 0 Å². The number of para-hydroxylation sites is 1. The molecular weight excluding hydrogens is 604 g/mol. The van der Waals surface area contributed by atoms with Crippen LogP contribution in [0.4, 0.5) is 0 Å². The zero-order valence-corrected chi connectivity index (χ0v) is 28.2. The third-order valence-corrected chi connectivity index (χ3v) is 9.21. The Bertz CT molecular complexity index is 2150.